The molecule has 1 amide bonds. The van der Waals surface area contributed by atoms with Crippen molar-refractivity contribution in [2.75, 3.05) is 12.4 Å². The molecule has 0 spiro atoms. The number of ether oxygens (including phenoxy) is 1. The van der Waals surface area contributed by atoms with Gasteiger partial charge in [-0.3, -0.25) is 9.59 Å². The van der Waals surface area contributed by atoms with Gasteiger partial charge in [0.15, 0.2) is 0 Å². The van der Waals surface area contributed by atoms with Crippen LogP contribution in [0.15, 0.2) is 48.5 Å². The zero-order chi connectivity index (χ0) is 16.7. The minimum atomic E-state index is -0.821. The molecule has 2 N–H and O–H groups in total. The molecule has 0 saturated heterocycles. The molecular weight excluding hydrogens is 294 g/mol. The third-order valence-corrected chi connectivity index (χ3v) is 3.34. The average Bonchev–Trinajstić information content (AvgIpc) is 2.55. The molecule has 0 aliphatic carbocycles. The van der Waals surface area contributed by atoms with Crippen LogP contribution in [-0.2, 0) is 22.6 Å². The van der Waals surface area contributed by atoms with Gasteiger partial charge in [0.25, 0.3) is 5.91 Å². The molecule has 0 aromatic heterocycles. The Morgan fingerprint density at radius 1 is 1.09 bits per heavy atom. The second-order valence-electron chi connectivity index (χ2n) is 5.18. The van der Waals surface area contributed by atoms with E-state index in [2.05, 4.69) is 5.32 Å². The molecule has 5 nitrogen and oxygen atoms in total. The van der Waals surface area contributed by atoms with Crippen LogP contribution < -0.4 is 5.32 Å². The first-order chi connectivity index (χ1) is 11.1. The summed E-state index contributed by atoms with van der Waals surface area (Å²) in [5.41, 5.74) is 3.09. The molecule has 0 bridgehead atoms. The molecule has 5 heteroatoms. The Morgan fingerprint density at radius 2 is 1.83 bits per heavy atom. The molecule has 0 heterocycles. The fourth-order valence-electron chi connectivity index (χ4n) is 2.18. The van der Waals surface area contributed by atoms with Crippen molar-refractivity contribution < 1.29 is 19.4 Å². The van der Waals surface area contributed by atoms with Gasteiger partial charge < -0.3 is 15.2 Å². The van der Waals surface area contributed by atoms with Crippen molar-refractivity contribution in [3.8, 4) is 0 Å². The van der Waals surface area contributed by atoms with E-state index in [4.69, 9.17) is 9.84 Å². The highest BCUT2D eigenvalue weighted by Crippen LogP contribution is 2.14. The quantitative estimate of drug-likeness (QED) is 0.823. The van der Waals surface area contributed by atoms with Crippen molar-refractivity contribution in [1.82, 2.24) is 0 Å². The molecule has 0 unspecified atom stereocenters. The van der Waals surface area contributed by atoms with Gasteiger partial charge in [-0.05, 0) is 41.8 Å². The minimum Gasteiger partial charge on any atom is -0.481 e. The third-order valence-electron chi connectivity index (χ3n) is 3.34. The van der Waals surface area contributed by atoms with Gasteiger partial charge >= 0.3 is 5.97 Å². The van der Waals surface area contributed by atoms with Crippen molar-refractivity contribution in [2.24, 2.45) is 0 Å². The van der Waals surface area contributed by atoms with E-state index in [0.29, 0.717) is 24.3 Å². The van der Waals surface area contributed by atoms with Crippen LogP contribution in [0, 0.1) is 0 Å². The number of carboxylic acids is 1. The lowest BCUT2D eigenvalue weighted by Gasteiger charge is -2.08. The van der Waals surface area contributed by atoms with E-state index in [1.54, 1.807) is 31.4 Å². The van der Waals surface area contributed by atoms with Gasteiger partial charge in [0.2, 0.25) is 0 Å². The number of amides is 1. The molecule has 23 heavy (non-hydrogen) atoms. The molecule has 0 saturated carbocycles. The maximum atomic E-state index is 12.2. The van der Waals surface area contributed by atoms with E-state index in [-0.39, 0.29) is 12.3 Å². The number of hydrogen-bond acceptors (Lipinski definition) is 3. The van der Waals surface area contributed by atoms with E-state index < -0.39 is 5.97 Å². The van der Waals surface area contributed by atoms with Crippen LogP contribution >= 0.6 is 0 Å². The number of benzene rings is 2. The number of methoxy groups -OCH3 is 1. The number of nitrogens with one attached hydrogen (secondary N) is 1. The number of carbonyl (C=O) groups excluding carboxylic acids is 1. The van der Waals surface area contributed by atoms with Gasteiger partial charge in [-0.2, -0.15) is 0 Å². The highest BCUT2D eigenvalue weighted by molar-refractivity contribution is 6.04. The highest BCUT2D eigenvalue weighted by Gasteiger charge is 2.07. The van der Waals surface area contributed by atoms with Crippen LogP contribution in [0.1, 0.15) is 27.9 Å². The van der Waals surface area contributed by atoms with Gasteiger partial charge in [0.05, 0.1) is 6.61 Å². The zero-order valence-corrected chi connectivity index (χ0v) is 12.9. The van der Waals surface area contributed by atoms with Crippen LogP contribution in [0.25, 0.3) is 0 Å². The fourth-order valence-corrected chi connectivity index (χ4v) is 2.18. The number of hydrogen-bond donors (Lipinski definition) is 2. The molecule has 120 valence electrons. The lowest BCUT2D eigenvalue weighted by molar-refractivity contribution is -0.136. The number of anilines is 1. The summed E-state index contributed by atoms with van der Waals surface area (Å²) in [6.07, 6.45) is 0.570. The first-order valence-corrected chi connectivity index (χ1v) is 7.28. The normalized spacial score (nSPS) is 10.3. The Balaban J connectivity index is 1.99. The van der Waals surface area contributed by atoms with Crippen LogP contribution in [0.3, 0.4) is 0 Å². The summed E-state index contributed by atoms with van der Waals surface area (Å²) in [7, 11) is 1.61. The van der Waals surface area contributed by atoms with Gasteiger partial charge in [0.1, 0.15) is 0 Å². The first-order valence-electron chi connectivity index (χ1n) is 7.28. The maximum Gasteiger partial charge on any atom is 0.303 e. The number of rotatable bonds is 7. The number of aryl methyl sites for hydroxylation is 1. The SMILES string of the molecule is COCc1cccc(C(=O)Nc2ccc(CCC(=O)O)cc2)c1. The first kappa shape index (κ1) is 16.7. The molecule has 0 fully saturated rings. The second-order valence-corrected chi connectivity index (χ2v) is 5.18. The van der Waals surface area contributed by atoms with Crippen molar-refractivity contribution in [3.05, 3.63) is 65.2 Å². The van der Waals surface area contributed by atoms with E-state index >= 15 is 0 Å². The van der Waals surface area contributed by atoms with E-state index in [0.717, 1.165) is 11.1 Å². The van der Waals surface area contributed by atoms with Crippen molar-refractivity contribution in [2.45, 2.75) is 19.4 Å². The van der Waals surface area contributed by atoms with Crippen LogP contribution in [0.4, 0.5) is 5.69 Å². The molecule has 0 aliphatic heterocycles. The van der Waals surface area contributed by atoms with Gasteiger partial charge in [0, 0.05) is 24.8 Å². The Bertz CT molecular complexity index is 680. The summed E-state index contributed by atoms with van der Waals surface area (Å²) in [5, 5.41) is 11.5. The predicted molar refractivity (Wildman–Crippen MR) is 87.5 cm³/mol. The van der Waals surface area contributed by atoms with Gasteiger partial charge in [-0.15, -0.1) is 0 Å². The molecule has 2 aromatic rings. The van der Waals surface area contributed by atoms with Crippen molar-refractivity contribution in [1.29, 1.82) is 0 Å². The Kier molecular flexibility index (Phi) is 5.88. The zero-order valence-electron chi connectivity index (χ0n) is 12.9. The maximum absolute atomic E-state index is 12.2. The summed E-state index contributed by atoms with van der Waals surface area (Å²) in [5.74, 6) is -1.01. The minimum absolute atomic E-state index is 0.0952. The second kappa shape index (κ2) is 8.10. The summed E-state index contributed by atoms with van der Waals surface area (Å²) < 4.78 is 5.06. The largest absolute Gasteiger partial charge is 0.481 e. The summed E-state index contributed by atoms with van der Waals surface area (Å²) in [6.45, 7) is 0.458. The molecule has 2 aromatic carbocycles. The molecule has 2 rings (SSSR count). The van der Waals surface area contributed by atoms with Crippen molar-refractivity contribution in [3.63, 3.8) is 0 Å². The topological polar surface area (TPSA) is 75.6 Å². The Morgan fingerprint density at radius 3 is 2.48 bits per heavy atom. The predicted octanol–water partition coefficient (Wildman–Crippen LogP) is 3.10. The molecule has 0 atom stereocenters. The third kappa shape index (κ3) is 5.23. The monoisotopic (exact) mass is 313 g/mol. The summed E-state index contributed by atoms with van der Waals surface area (Å²) >= 11 is 0. The Labute approximate surface area is 134 Å². The van der Waals surface area contributed by atoms with Crippen LogP contribution in [0.2, 0.25) is 0 Å². The average molecular weight is 313 g/mol. The molecule has 0 radical (unpaired) electrons. The van der Waals surface area contributed by atoms with E-state index in [9.17, 15) is 9.59 Å². The molecular formula is C18H19NO4. The lowest BCUT2D eigenvalue weighted by atomic mass is 10.1. The van der Waals surface area contributed by atoms with Crippen LogP contribution in [-0.4, -0.2) is 24.1 Å². The highest BCUT2D eigenvalue weighted by atomic mass is 16.5. The van der Waals surface area contributed by atoms with Gasteiger partial charge in [-0.25, -0.2) is 0 Å². The standard InChI is InChI=1S/C18H19NO4/c1-23-12-14-3-2-4-15(11-14)18(22)19-16-8-5-13(6-9-16)7-10-17(20)21/h2-6,8-9,11H,7,10,12H2,1H3,(H,19,22)(H,20,21). The summed E-state index contributed by atoms with van der Waals surface area (Å²) in [6, 6.07) is 14.4. The Hall–Kier alpha value is -2.66. The fraction of sp³-hybridized carbons (Fsp3) is 0.222. The van der Waals surface area contributed by atoms with E-state index in [1.165, 1.54) is 0 Å². The molecule has 0 aliphatic rings. The smallest absolute Gasteiger partial charge is 0.303 e. The van der Waals surface area contributed by atoms with Crippen molar-refractivity contribution >= 4 is 17.6 Å². The summed E-state index contributed by atoms with van der Waals surface area (Å²) in [4.78, 5) is 22.8. The number of carbonyl (C=O) groups is 2. The number of carboxylic acid groups (broad SMARTS) is 1. The van der Waals surface area contributed by atoms with Gasteiger partial charge in [-0.1, -0.05) is 24.3 Å². The lowest BCUT2D eigenvalue weighted by Crippen LogP contribution is -2.12. The number of aliphatic carboxylic acids is 1. The van der Waals surface area contributed by atoms with Crippen LogP contribution in [0.5, 0.6) is 0 Å². The van der Waals surface area contributed by atoms with E-state index in [1.807, 2.05) is 24.3 Å².